The van der Waals surface area contributed by atoms with Crippen molar-refractivity contribution in [2.45, 2.75) is 17.6 Å². The van der Waals surface area contributed by atoms with E-state index in [0.717, 1.165) is 22.0 Å². The average molecular weight is 246 g/mol. The Morgan fingerprint density at radius 1 is 1.35 bits per heavy atom. The van der Waals surface area contributed by atoms with E-state index in [1.165, 1.54) is 0 Å². The third-order valence-corrected chi connectivity index (χ3v) is 3.56. The van der Waals surface area contributed by atoms with Crippen LogP contribution in [0.25, 0.3) is 0 Å². The number of benzene rings is 1. The van der Waals surface area contributed by atoms with E-state index < -0.39 is 0 Å². The molecular weight excluding hydrogens is 232 g/mol. The molecule has 0 fully saturated rings. The van der Waals surface area contributed by atoms with Gasteiger partial charge in [0.2, 0.25) is 0 Å². The second-order valence-corrected chi connectivity index (χ2v) is 4.87. The zero-order valence-corrected chi connectivity index (χ0v) is 10.7. The van der Waals surface area contributed by atoms with Crippen LogP contribution in [-0.2, 0) is 12.8 Å². The van der Waals surface area contributed by atoms with Crippen molar-refractivity contribution in [2.75, 3.05) is 0 Å². The molecule has 0 aliphatic rings. The lowest BCUT2D eigenvalue weighted by molar-refractivity contribution is 0.101. The van der Waals surface area contributed by atoms with Crippen molar-refractivity contribution >= 4 is 17.5 Å². The van der Waals surface area contributed by atoms with Gasteiger partial charge in [0.25, 0.3) is 0 Å². The van der Waals surface area contributed by atoms with Gasteiger partial charge >= 0.3 is 0 Å². The largest absolute Gasteiger partial charge is 0.337 e. The van der Waals surface area contributed by atoms with Crippen molar-refractivity contribution < 1.29 is 4.79 Å². The average Bonchev–Trinajstić information content (AvgIpc) is 2.73. The third kappa shape index (κ3) is 2.97. The molecule has 4 heteroatoms. The summed E-state index contributed by atoms with van der Waals surface area (Å²) < 4.78 is 2.01. The van der Waals surface area contributed by atoms with Crippen molar-refractivity contribution in [3.63, 3.8) is 0 Å². The minimum Gasteiger partial charge on any atom is -0.337 e. The molecule has 0 unspecified atom stereocenters. The Kier molecular flexibility index (Phi) is 3.64. The standard InChI is InChI=1S/C13H14N2OS/c1-10(16)11-3-5-12(6-4-11)17-9-13-14-7-8-15(13)2/h3-8H,9H2,1-2H3. The lowest BCUT2D eigenvalue weighted by Gasteiger charge is -2.03. The second-order valence-electron chi connectivity index (χ2n) is 3.82. The highest BCUT2D eigenvalue weighted by molar-refractivity contribution is 7.98. The first kappa shape index (κ1) is 11.9. The summed E-state index contributed by atoms with van der Waals surface area (Å²) in [6.07, 6.45) is 3.74. The zero-order chi connectivity index (χ0) is 12.3. The molecule has 0 saturated heterocycles. The van der Waals surface area contributed by atoms with Gasteiger partial charge in [0, 0.05) is 29.9 Å². The number of nitrogens with zero attached hydrogens (tertiary/aromatic N) is 2. The van der Waals surface area contributed by atoms with E-state index in [9.17, 15) is 4.79 Å². The van der Waals surface area contributed by atoms with Crippen LogP contribution in [0.2, 0.25) is 0 Å². The van der Waals surface area contributed by atoms with E-state index >= 15 is 0 Å². The maximum atomic E-state index is 11.1. The van der Waals surface area contributed by atoms with Gasteiger partial charge in [-0.25, -0.2) is 4.98 Å². The van der Waals surface area contributed by atoms with E-state index in [2.05, 4.69) is 4.98 Å². The van der Waals surface area contributed by atoms with Gasteiger partial charge in [-0.05, 0) is 19.1 Å². The zero-order valence-electron chi connectivity index (χ0n) is 9.88. The van der Waals surface area contributed by atoms with E-state index in [1.54, 1.807) is 24.9 Å². The quantitative estimate of drug-likeness (QED) is 0.614. The lowest BCUT2D eigenvalue weighted by atomic mass is 10.2. The van der Waals surface area contributed by atoms with Gasteiger partial charge in [-0.3, -0.25) is 4.79 Å². The fourth-order valence-electron chi connectivity index (χ4n) is 1.47. The number of aryl methyl sites for hydroxylation is 1. The molecule has 1 aromatic carbocycles. The van der Waals surface area contributed by atoms with Crippen molar-refractivity contribution in [3.8, 4) is 0 Å². The molecule has 0 aliphatic heterocycles. The molecule has 0 radical (unpaired) electrons. The predicted molar refractivity (Wildman–Crippen MR) is 69.2 cm³/mol. The van der Waals surface area contributed by atoms with Gasteiger partial charge in [0.15, 0.2) is 5.78 Å². The first-order valence-corrected chi connectivity index (χ1v) is 6.35. The maximum Gasteiger partial charge on any atom is 0.159 e. The van der Waals surface area contributed by atoms with Crippen molar-refractivity contribution in [1.82, 2.24) is 9.55 Å². The number of carbonyl (C=O) groups is 1. The fourth-order valence-corrected chi connectivity index (χ4v) is 2.37. The minimum absolute atomic E-state index is 0.102. The Hall–Kier alpha value is -1.55. The summed E-state index contributed by atoms with van der Waals surface area (Å²) in [4.78, 5) is 16.5. The van der Waals surface area contributed by atoms with Crippen molar-refractivity contribution in [3.05, 3.63) is 48.0 Å². The van der Waals surface area contributed by atoms with Crippen LogP contribution in [-0.4, -0.2) is 15.3 Å². The monoisotopic (exact) mass is 246 g/mol. The van der Waals surface area contributed by atoms with E-state index in [0.29, 0.717) is 0 Å². The Morgan fingerprint density at radius 2 is 2.06 bits per heavy atom. The molecule has 1 heterocycles. The van der Waals surface area contributed by atoms with Crippen molar-refractivity contribution in [2.24, 2.45) is 7.05 Å². The van der Waals surface area contributed by atoms with Crippen LogP contribution in [0.3, 0.4) is 0 Å². The van der Waals surface area contributed by atoms with E-state index in [-0.39, 0.29) is 5.78 Å². The predicted octanol–water partition coefficient (Wildman–Crippen LogP) is 2.92. The van der Waals surface area contributed by atoms with Crippen LogP contribution in [0.15, 0.2) is 41.6 Å². The van der Waals surface area contributed by atoms with Crippen LogP contribution in [0.5, 0.6) is 0 Å². The van der Waals surface area contributed by atoms with Crippen LogP contribution in [0.1, 0.15) is 23.1 Å². The van der Waals surface area contributed by atoms with Crippen molar-refractivity contribution in [1.29, 1.82) is 0 Å². The number of ketones is 1. The summed E-state index contributed by atoms with van der Waals surface area (Å²) in [6, 6.07) is 7.68. The van der Waals surface area contributed by atoms with Gasteiger partial charge in [-0.15, -0.1) is 11.8 Å². The number of thioether (sulfide) groups is 1. The molecule has 88 valence electrons. The lowest BCUT2D eigenvalue weighted by Crippen LogP contribution is -1.94. The molecule has 0 bridgehead atoms. The molecule has 2 rings (SSSR count). The number of hydrogen-bond donors (Lipinski definition) is 0. The van der Waals surface area contributed by atoms with Gasteiger partial charge in [0.1, 0.15) is 5.82 Å². The molecule has 0 amide bonds. The normalized spacial score (nSPS) is 10.5. The highest BCUT2D eigenvalue weighted by Crippen LogP contribution is 2.22. The number of Topliss-reactive ketones (excluding diaryl/α,β-unsaturated/α-hetero) is 1. The highest BCUT2D eigenvalue weighted by atomic mass is 32.2. The summed E-state index contributed by atoms with van der Waals surface area (Å²) in [5, 5.41) is 0. The van der Waals surface area contributed by atoms with Crippen LogP contribution in [0, 0.1) is 0 Å². The third-order valence-electron chi connectivity index (χ3n) is 2.55. The molecular formula is C13H14N2OS. The Labute approximate surface area is 105 Å². The smallest absolute Gasteiger partial charge is 0.159 e. The van der Waals surface area contributed by atoms with Gasteiger partial charge in [0.05, 0.1) is 5.75 Å². The molecule has 17 heavy (non-hydrogen) atoms. The topological polar surface area (TPSA) is 34.9 Å². The number of imidazole rings is 1. The molecule has 0 atom stereocenters. The minimum atomic E-state index is 0.102. The maximum absolute atomic E-state index is 11.1. The number of hydrogen-bond acceptors (Lipinski definition) is 3. The van der Waals surface area contributed by atoms with Crippen LogP contribution < -0.4 is 0 Å². The molecule has 3 nitrogen and oxygen atoms in total. The second kappa shape index (κ2) is 5.19. The van der Waals surface area contributed by atoms with Gasteiger partial charge in [-0.2, -0.15) is 0 Å². The molecule has 0 spiro atoms. The molecule has 1 aromatic heterocycles. The Balaban J connectivity index is 2.00. The summed E-state index contributed by atoms with van der Waals surface area (Å²) in [5.41, 5.74) is 0.756. The van der Waals surface area contributed by atoms with Crippen LogP contribution in [0.4, 0.5) is 0 Å². The summed E-state index contributed by atoms with van der Waals surface area (Å²) in [7, 11) is 1.99. The molecule has 2 aromatic rings. The SMILES string of the molecule is CC(=O)c1ccc(SCc2nccn2C)cc1. The first-order chi connectivity index (χ1) is 8.16. The van der Waals surface area contributed by atoms with Crippen LogP contribution >= 0.6 is 11.8 Å². The number of rotatable bonds is 4. The number of aromatic nitrogens is 2. The molecule has 0 aliphatic carbocycles. The summed E-state index contributed by atoms with van der Waals surface area (Å²) in [6.45, 7) is 1.58. The Bertz CT molecular complexity index is 516. The van der Waals surface area contributed by atoms with Gasteiger partial charge < -0.3 is 4.57 Å². The van der Waals surface area contributed by atoms with Gasteiger partial charge in [-0.1, -0.05) is 12.1 Å². The van der Waals surface area contributed by atoms with E-state index in [1.807, 2.05) is 42.1 Å². The molecule has 0 saturated carbocycles. The summed E-state index contributed by atoms with van der Waals surface area (Å²) in [5.74, 6) is 1.99. The first-order valence-electron chi connectivity index (χ1n) is 5.37. The van der Waals surface area contributed by atoms with E-state index in [4.69, 9.17) is 0 Å². The highest BCUT2D eigenvalue weighted by Gasteiger charge is 2.02. The number of carbonyl (C=O) groups excluding carboxylic acids is 1. The Morgan fingerprint density at radius 3 is 2.59 bits per heavy atom. The molecule has 0 N–H and O–H groups in total. The summed E-state index contributed by atoms with van der Waals surface area (Å²) >= 11 is 1.72. The fraction of sp³-hybridized carbons (Fsp3) is 0.231.